The Morgan fingerprint density at radius 2 is 1.70 bits per heavy atom. The molecule has 0 atom stereocenters. The van der Waals surface area contributed by atoms with Crippen LogP contribution in [0.15, 0.2) is 71.9 Å². The van der Waals surface area contributed by atoms with Crippen LogP contribution in [0, 0.1) is 0 Å². The number of methoxy groups -OCH3 is 1. The zero-order valence-electron chi connectivity index (χ0n) is 19.1. The maximum Gasteiger partial charge on any atom is 0.335 e. The van der Waals surface area contributed by atoms with E-state index in [1.807, 2.05) is 0 Å². The van der Waals surface area contributed by atoms with Crippen LogP contribution in [0.3, 0.4) is 0 Å². The molecule has 186 valence electrons. The van der Waals surface area contributed by atoms with E-state index in [1.54, 1.807) is 48.9 Å². The minimum absolute atomic E-state index is 0.129. The van der Waals surface area contributed by atoms with Gasteiger partial charge in [0.05, 0.1) is 49.2 Å². The van der Waals surface area contributed by atoms with Crippen molar-refractivity contribution in [3.05, 3.63) is 98.9 Å². The van der Waals surface area contributed by atoms with E-state index in [4.69, 9.17) is 33.0 Å². The number of rotatable bonds is 7. The van der Waals surface area contributed by atoms with Crippen LogP contribution in [0.5, 0.6) is 5.75 Å². The number of aromatic nitrogens is 7. The van der Waals surface area contributed by atoms with Gasteiger partial charge >= 0.3 is 5.97 Å². The van der Waals surface area contributed by atoms with Crippen molar-refractivity contribution < 1.29 is 14.6 Å². The van der Waals surface area contributed by atoms with Gasteiger partial charge in [-0.3, -0.25) is 4.79 Å². The summed E-state index contributed by atoms with van der Waals surface area (Å²) in [5.41, 5.74) is 2.72. The Morgan fingerprint density at radius 1 is 0.946 bits per heavy atom. The van der Waals surface area contributed by atoms with Gasteiger partial charge in [0, 0.05) is 22.2 Å². The maximum absolute atomic E-state index is 13.1. The summed E-state index contributed by atoms with van der Waals surface area (Å²) in [5, 5.41) is 25.8. The van der Waals surface area contributed by atoms with Gasteiger partial charge in [-0.15, -0.1) is 10.2 Å². The molecule has 0 aliphatic rings. The summed E-state index contributed by atoms with van der Waals surface area (Å²) in [5.74, 6) is -0.594. The molecule has 0 radical (unpaired) electrons. The van der Waals surface area contributed by atoms with Crippen LogP contribution in [0.1, 0.15) is 16.1 Å². The molecule has 37 heavy (non-hydrogen) atoms. The Morgan fingerprint density at radius 3 is 2.38 bits per heavy atom. The smallest absolute Gasteiger partial charge is 0.335 e. The van der Waals surface area contributed by atoms with Crippen LogP contribution < -0.4 is 10.3 Å². The Bertz CT molecular complexity index is 1680. The van der Waals surface area contributed by atoms with Crippen molar-refractivity contribution >= 4 is 29.2 Å². The van der Waals surface area contributed by atoms with Gasteiger partial charge < -0.3 is 14.4 Å². The maximum atomic E-state index is 13.1. The molecule has 0 aliphatic heterocycles. The summed E-state index contributed by atoms with van der Waals surface area (Å²) in [6, 6.07) is 12.8. The molecule has 0 saturated heterocycles. The number of ether oxygens (including phenoxy) is 1. The monoisotopic (exact) mass is 537 g/mol. The van der Waals surface area contributed by atoms with Crippen LogP contribution in [0.25, 0.3) is 22.5 Å². The summed E-state index contributed by atoms with van der Waals surface area (Å²) in [4.78, 5) is 24.2. The molecule has 2 aromatic carbocycles. The van der Waals surface area contributed by atoms with Crippen molar-refractivity contribution in [2.75, 3.05) is 7.11 Å². The van der Waals surface area contributed by atoms with Gasteiger partial charge in [0.15, 0.2) is 5.15 Å². The molecule has 0 amide bonds. The van der Waals surface area contributed by atoms with Crippen LogP contribution in [-0.2, 0) is 6.54 Å². The summed E-state index contributed by atoms with van der Waals surface area (Å²) in [6.07, 6.45) is 4.78. The molecule has 11 nitrogen and oxygen atoms in total. The van der Waals surface area contributed by atoms with Crippen molar-refractivity contribution in [3.63, 3.8) is 0 Å². The highest BCUT2D eigenvalue weighted by Crippen LogP contribution is 2.35. The molecule has 0 fully saturated rings. The molecule has 5 aromatic rings. The first-order valence-corrected chi connectivity index (χ1v) is 11.5. The molecule has 0 bridgehead atoms. The number of nitrogens with zero attached hydrogens (tertiary/aromatic N) is 7. The molecular formula is C24H17Cl2N7O4. The van der Waals surface area contributed by atoms with Gasteiger partial charge in [0.2, 0.25) is 0 Å². The van der Waals surface area contributed by atoms with Crippen molar-refractivity contribution in [2.24, 2.45) is 0 Å². The van der Waals surface area contributed by atoms with Crippen LogP contribution in [0.2, 0.25) is 10.2 Å². The van der Waals surface area contributed by atoms with E-state index in [9.17, 15) is 9.59 Å². The average Bonchev–Trinajstić information content (AvgIpc) is 3.54. The third kappa shape index (κ3) is 4.95. The lowest BCUT2D eigenvalue weighted by molar-refractivity contribution is 0.0697. The van der Waals surface area contributed by atoms with Crippen LogP contribution >= 0.6 is 23.2 Å². The number of carboxylic acids is 1. The summed E-state index contributed by atoms with van der Waals surface area (Å²) < 4.78 is 10.0. The largest absolute Gasteiger partial charge is 0.495 e. The Hall–Kier alpha value is -4.48. The normalized spacial score (nSPS) is 11.0. The topological polar surface area (TPSA) is 130 Å². The standard InChI is InChI=1S/C24H17Cl2N7O4/c1-37-21-12-31(10-16-11-32(29-27-16)17-5-2-14(3-6-17)24(35)36)23(34)9-19(21)18-8-15(25)4-7-20(18)33-13-22(26)28-30-33/h2-9,11-13H,10H2,1H3,(H,35,36). The number of carboxylic acid groups (broad SMARTS) is 1. The SMILES string of the molecule is COc1cn(Cc2cn(-c3ccc(C(=O)O)cc3)nn2)c(=O)cc1-c1cc(Cl)ccc1-n1cc(Cl)nn1. The lowest BCUT2D eigenvalue weighted by atomic mass is 10.0. The number of hydrogen-bond acceptors (Lipinski definition) is 7. The highest BCUT2D eigenvalue weighted by Gasteiger charge is 2.17. The first-order valence-electron chi connectivity index (χ1n) is 10.7. The molecule has 1 N–H and O–H groups in total. The second kappa shape index (κ2) is 9.88. The summed E-state index contributed by atoms with van der Waals surface area (Å²) >= 11 is 12.2. The number of aromatic carboxylic acids is 1. The van der Waals surface area contributed by atoms with Crippen molar-refractivity contribution in [1.82, 2.24) is 34.6 Å². The van der Waals surface area contributed by atoms with Gasteiger partial charge in [-0.05, 0) is 42.5 Å². The number of pyridine rings is 1. The van der Waals surface area contributed by atoms with Gasteiger partial charge in [-0.1, -0.05) is 33.6 Å². The second-order valence-corrected chi connectivity index (χ2v) is 8.70. The molecule has 13 heteroatoms. The van der Waals surface area contributed by atoms with Crippen molar-refractivity contribution in [2.45, 2.75) is 6.54 Å². The molecule has 0 spiro atoms. The third-order valence-corrected chi connectivity index (χ3v) is 5.93. The van der Waals surface area contributed by atoms with Gasteiger partial charge in [0.25, 0.3) is 5.56 Å². The lowest BCUT2D eigenvalue weighted by Gasteiger charge is -2.15. The Labute approximate surface area is 219 Å². The molecule has 0 aliphatic carbocycles. The molecule has 0 unspecified atom stereocenters. The number of hydrogen-bond donors (Lipinski definition) is 1. The molecule has 3 heterocycles. The first-order chi connectivity index (χ1) is 17.8. The van der Waals surface area contributed by atoms with Crippen LogP contribution in [-0.4, -0.2) is 52.7 Å². The van der Waals surface area contributed by atoms with E-state index in [0.717, 1.165) is 0 Å². The molecule has 5 rings (SSSR count). The Kier molecular flexibility index (Phi) is 6.47. The fourth-order valence-corrected chi connectivity index (χ4v) is 4.06. The van der Waals surface area contributed by atoms with Crippen LogP contribution in [0.4, 0.5) is 0 Å². The number of carbonyl (C=O) groups is 1. The van der Waals surface area contributed by atoms with Crippen molar-refractivity contribution in [3.8, 4) is 28.3 Å². The third-order valence-electron chi connectivity index (χ3n) is 5.52. The molecule has 3 aromatic heterocycles. The molecule has 0 saturated carbocycles. The average molecular weight is 538 g/mol. The van der Waals surface area contributed by atoms with E-state index in [1.165, 1.54) is 39.2 Å². The Balaban J connectivity index is 1.48. The minimum atomic E-state index is -1.02. The predicted octanol–water partition coefficient (Wildman–Crippen LogP) is 3.74. The predicted molar refractivity (Wildman–Crippen MR) is 135 cm³/mol. The van der Waals surface area contributed by atoms with Crippen molar-refractivity contribution in [1.29, 1.82) is 0 Å². The first kappa shape index (κ1) is 24.2. The van der Waals surface area contributed by atoms with Gasteiger partial charge in [-0.2, -0.15) is 0 Å². The zero-order valence-corrected chi connectivity index (χ0v) is 20.6. The minimum Gasteiger partial charge on any atom is -0.495 e. The molecular weight excluding hydrogens is 521 g/mol. The highest BCUT2D eigenvalue weighted by molar-refractivity contribution is 6.31. The quantitative estimate of drug-likeness (QED) is 0.332. The number of halogens is 2. The summed E-state index contributed by atoms with van der Waals surface area (Å²) in [6.45, 7) is 0.129. The second-order valence-electron chi connectivity index (χ2n) is 7.88. The van der Waals surface area contributed by atoms with E-state index in [2.05, 4.69) is 20.6 Å². The van der Waals surface area contributed by atoms with E-state index in [0.29, 0.717) is 39.0 Å². The van der Waals surface area contributed by atoms with E-state index >= 15 is 0 Å². The van der Waals surface area contributed by atoms with E-state index < -0.39 is 5.97 Å². The highest BCUT2D eigenvalue weighted by atomic mass is 35.5. The number of benzene rings is 2. The van der Waals surface area contributed by atoms with E-state index in [-0.39, 0.29) is 22.8 Å². The van der Waals surface area contributed by atoms with Gasteiger partial charge in [-0.25, -0.2) is 14.2 Å². The zero-order chi connectivity index (χ0) is 26.1. The van der Waals surface area contributed by atoms with Gasteiger partial charge in [0.1, 0.15) is 11.4 Å². The fraction of sp³-hybridized carbons (Fsp3) is 0.0833. The summed E-state index contributed by atoms with van der Waals surface area (Å²) in [7, 11) is 1.50. The lowest BCUT2D eigenvalue weighted by Crippen LogP contribution is -2.20. The fourth-order valence-electron chi connectivity index (χ4n) is 3.76.